The van der Waals surface area contributed by atoms with Gasteiger partial charge in [0.15, 0.2) is 0 Å². The van der Waals surface area contributed by atoms with Crippen LogP contribution in [0, 0.1) is 19.7 Å². The lowest BCUT2D eigenvalue weighted by Gasteiger charge is -2.12. The summed E-state index contributed by atoms with van der Waals surface area (Å²) in [6.07, 6.45) is 0. The zero-order chi connectivity index (χ0) is 13.1. The van der Waals surface area contributed by atoms with E-state index in [0.29, 0.717) is 11.3 Å². The van der Waals surface area contributed by atoms with Crippen molar-refractivity contribution >= 4 is 5.69 Å². The highest BCUT2D eigenvalue weighted by Crippen LogP contribution is 2.23. The molecule has 2 aromatic carbocycles. The summed E-state index contributed by atoms with van der Waals surface area (Å²) in [5, 5.41) is 0. The van der Waals surface area contributed by atoms with Crippen molar-refractivity contribution in [3.63, 3.8) is 0 Å². The van der Waals surface area contributed by atoms with Crippen LogP contribution < -0.4 is 10.5 Å². The van der Waals surface area contributed by atoms with E-state index >= 15 is 0 Å². The summed E-state index contributed by atoms with van der Waals surface area (Å²) in [6.45, 7) is 4.09. The number of anilines is 1. The SMILES string of the molecule is Cc1ccc(C)c(OCc2c(N)cccc2F)c1. The lowest BCUT2D eigenvalue weighted by molar-refractivity contribution is 0.298. The second-order valence-corrected chi connectivity index (χ2v) is 4.37. The van der Waals surface area contributed by atoms with E-state index in [4.69, 9.17) is 10.5 Å². The van der Waals surface area contributed by atoms with E-state index in [0.717, 1.165) is 16.9 Å². The average Bonchev–Trinajstić information content (AvgIpc) is 2.33. The molecule has 0 saturated heterocycles. The Morgan fingerprint density at radius 1 is 1.17 bits per heavy atom. The largest absolute Gasteiger partial charge is 0.488 e. The van der Waals surface area contributed by atoms with Crippen LogP contribution in [0.25, 0.3) is 0 Å². The fraction of sp³-hybridized carbons (Fsp3) is 0.200. The molecule has 2 aromatic rings. The van der Waals surface area contributed by atoms with E-state index in [9.17, 15) is 4.39 Å². The van der Waals surface area contributed by atoms with Crippen LogP contribution in [0.5, 0.6) is 5.75 Å². The van der Waals surface area contributed by atoms with Crippen LogP contribution in [0.1, 0.15) is 16.7 Å². The number of halogens is 1. The van der Waals surface area contributed by atoms with Gasteiger partial charge in [0.2, 0.25) is 0 Å². The standard InChI is InChI=1S/C15H16FNO/c1-10-6-7-11(2)15(8-10)18-9-12-13(16)4-3-5-14(12)17/h3-8H,9,17H2,1-2H3. The zero-order valence-corrected chi connectivity index (χ0v) is 10.5. The normalized spacial score (nSPS) is 10.4. The van der Waals surface area contributed by atoms with E-state index in [1.165, 1.54) is 6.07 Å². The van der Waals surface area contributed by atoms with Crippen molar-refractivity contribution in [3.8, 4) is 5.75 Å². The van der Waals surface area contributed by atoms with E-state index in [1.807, 2.05) is 32.0 Å². The predicted octanol–water partition coefficient (Wildman–Crippen LogP) is 3.60. The molecule has 0 bridgehead atoms. The topological polar surface area (TPSA) is 35.2 Å². The molecule has 94 valence electrons. The first-order valence-corrected chi connectivity index (χ1v) is 5.81. The Hall–Kier alpha value is -2.03. The van der Waals surface area contributed by atoms with Gasteiger partial charge in [0.05, 0.1) is 0 Å². The molecule has 0 aliphatic carbocycles. The van der Waals surface area contributed by atoms with Crippen molar-refractivity contribution in [2.24, 2.45) is 0 Å². The van der Waals surface area contributed by atoms with Crippen molar-refractivity contribution in [1.29, 1.82) is 0 Å². The molecule has 0 amide bonds. The number of aryl methyl sites for hydroxylation is 2. The van der Waals surface area contributed by atoms with Crippen molar-refractivity contribution in [3.05, 3.63) is 58.9 Å². The van der Waals surface area contributed by atoms with Gasteiger partial charge >= 0.3 is 0 Å². The van der Waals surface area contributed by atoms with Gasteiger partial charge in [0.1, 0.15) is 18.2 Å². The first kappa shape index (κ1) is 12.4. The Morgan fingerprint density at radius 2 is 1.94 bits per heavy atom. The second-order valence-electron chi connectivity index (χ2n) is 4.37. The van der Waals surface area contributed by atoms with Gasteiger partial charge in [-0.2, -0.15) is 0 Å². The van der Waals surface area contributed by atoms with Gasteiger partial charge in [-0.15, -0.1) is 0 Å². The van der Waals surface area contributed by atoms with Crippen molar-refractivity contribution in [2.75, 3.05) is 5.73 Å². The van der Waals surface area contributed by atoms with Crippen molar-refractivity contribution in [1.82, 2.24) is 0 Å². The molecule has 0 fully saturated rings. The summed E-state index contributed by atoms with van der Waals surface area (Å²) < 4.78 is 19.2. The molecular weight excluding hydrogens is 229 g/mol. The molecule has 0 aromatic heterocycles. The molecule has 3 heteroatoms. The predicted molar refractivity (Wildman–Crippen MR) is 71.1 cm³/mol. The van der Waals surface area contributed by atoms with Crippen LogP contribution in [0.4, 0.5) is 10.1 Å². The Morgan fingerprint density at radius 3 is 2.67 bits per heavy atom. The maximum atomic E-state index is 13.6. The summed E-state index contributed by atoms with van der Waals surface area (Å²) in [7, 11) is 0. The monoisotopic (exact) mass is 245 g/mol. The molecule has 0 aliphatic rings. The second kappa shape index (κ2) is 5.08. The number of rotatable bonds is 3. The highest BCUT2D eigenvalue weighted by Gasteiger charge is 2.08. The Balaban J connectivity index is 2.19. The molecule has 18 heavy (non-hydrogen) atoms. The molecule has 0 atom stereocenters. The van der Waals surface area contributed by atoms with E-state index in [-0.39, 0.29) is 12.4 Å². The fourth-order valence-electron chi connectivity index (χ4n) is 1.74. The number of ether oxygens (including phenoxy) is 1. The first-order valence-electron chi connectivity index (χ1n) is 5.81. The molecule has 0 unspecified atom stereocenters. The van der Waals surface area contributed by atoms with Crippen LogP contribution in [-0.4, -0.2) is 0 Å². The van der Waals surface area contributed by atoms with Crippen molar-refractivity contribution < 1.29 is 9.13 Å². The molecule has 0 heterocycles. The third-order valence-electron chi connectivity index (χ3n) is 2.87. The lowest BCUT2D eigenvalue weighted by Crippen LogP contribution is -2.04. The van der Waals surface area contributed by atoms with Gasteiger partial charge in [0, 0.05) is 11.3 Å². The summed E-state index contributed by atoms with van der Waals surface area (Å²) in [5.74, 6) is 0.429. The number of nitrogens with two attached hydrogens (primary N) is 1. The van der Waals surface area contributed by atoms with Gasteiger partial charge in [-0.25, -0.2) is 4.39 Å². The van der Waals surface area contributed by atoms with E-state index in [1.54, 1.807) is 12.1 Å². The molecule has 0 aliphatic heterocycles. The number of hydrogen-bond acceptors (Lipinski definition) is 2. The molecule has 0 radical (unpaired) electrons. The summed E-state index contributed by atoms with van der Waals surface area (Å²) in [6, 6.07) is 10.6. The molecular formula is C15H16FNO. The van der Waals surface area contributed by atoms with Crippen LogP contribution in [0.15, 0.2) is 36.4 Å². The number of benzene rings is 2. The maximum absolute atomic E-state index is 13.6. The van der Waals surface area contributed by atoms with Gasteiger partial charge in [0.25, 0.3) is 0 Å². The highest BCUT2D eigenvalue weighted by atomic mass is 19.1. The van der Waals surface area contributed by atoms with Gasteiger partial charge < -0.3 is 10.5 Å². The zero-order valence-electron chi connectivity index (χ0n) is 10.5. The molecule has 2 nitrogen and oxygen atoms in total. The summed E-state index contributed by atoms with van der Waals surface area (Å²) in [5.41, 5.74) is 8.68. The van der Waals surface area contributed by atoms with Crippen LogP contribution >= 0.6 is 0 Å². The first-order chi connectivity index (χ1) is 8.58. The molecule has 2 N–H and O–H groups in total. The number of hydrogen-bond donors (Lipinski definition) is 1. The minimum absolute atomic E-state index is 0.142. The fourth-order valence-corrected chi connectivity index (χ4v) is 1.74. The van der Waals surface area contributed by atoms with Gasteiger partial charge in [-0.1, -0.05) is 18.2 Å². The quantitative estimate of drug-likeness (QED) is 0.838. The summed E-state index contributed by atoms with van der Waals surface area (Å²) in [4.78, 5) is 0. The third-order valence-corrected chi connectivity index (χ3v) is 2.87. The average molecular weight is 245 g/mol. The van der Waals surface area contributed by atoms with E-state index in [2.05, 4.69) is 0 Å². The Kier molecular flexibility index (Phi) is 3.51. The smallest absolute Gasteiger partial charge is 0.131 e. The van der Waals surface area contributed by atoms with Crippen LogP contribution in [-0.2, 0) is 6.61 Å². The molecule has 0 spiro atoms. The van der Waals surface area contributed by atoms with Crippen LogP contribution in [0.3, 0.4) is 0 Å². The molecule has 0 saturated carbocycles. The Bertz CT molecular complexity index is 546. The summed E-state index contributed by atoms with van der Waals surface area (Å²) >= 11 is 0. The lowest BCUT2D eigenvalue weighted by atomic mass is 10.1. The molecule has 2 rings (SSSR count). The third kappa shape index (κ3) is 2.62. The maximum Gasteiger partial charge on any atom is 0.131 e. The van der Waals surface area contributed by atoms with E-state index < -0.39 is 0 Å². The minimum Gasteiger partial charge on any atom is -0.488 e. The van der Waals surface area contributed by atoms with Gasteiger partial charge in [-0.05, 0) is 43.2 Å². The Labute approximate surface area is 106 Å². The minimum atomic E-state index is -0.333. The van der Waals surface area contributed by atoms with Crippen molar-refractivity contribution in [2.45, 2.75) is 20.5 Å². The van der Waals surface area contributed by atoms with Gasteiger partial charge in [-0.3, -0.25) is 0 Å². The van der Waals surface area contributed by atoms with Crippen LogP contribution in [0.2, 0.25) is 0 Å². The number of nitrogen functional groups attached to an aromatic ring is 1. The highest BCUT2D eigenvalue weighted by molar-refractivity contribution is 5.47.